The lowest BCUT2D eigenvalue weighted by Crippen LogP contribution is -2.43. The van der Waals surface area contributed by atoms with Crippen LogP contribution in [-0.2, 0) is 12.7 Å². The molecule has 8 nitrogen and oxygen atoms in total. The van der Waals surface area contributed by atoms with Crippen LogP contribution in [0.2, 0.25) is 5.02 Å². The van der Waals surface area contributed by atoms with E-state index in [-0.39, 0.29) is 45.5 Å². The van der Waals surface area contributed by atoms with Gasteiger partial charge in [-0.2, -0.15) is 13.2 Å². The van der Waals surface area contributed by atoms with Gasteiger partial charge in [0.25, 0.3) is 0 Å². The predicted molar refractivity (Wildman–Crippen MR) is 122 cm³/mol. The van der Waals surface area contributed by atoms with Crippen LogP contribution in [-0.4, -0.2) is 26.6 Å². The highest BCUT2D eigenvalue weighted by molar-refractivity contribution is 6.33. The van der Waals surface area contributed by atoms with E-state index >= 15 is 0 Å². The fourth-order valence-electron chi connectivity index (χ4n) is 4.18. The highest BCUT2D eigenvalue weighted by Crippen LogP contribution is 2.41. The van der Waals surface area contributed by atoms with Crippen molar-refractivity contribution in [1.82, 2.24) is 20.2 Å². The molecule has 12 heteroatoms. The lowest BCUT2D eigenvalue weighted by molar-refractivity contribution is -0.137. The number of nitrogens with zero attached hydrogens (tertiary/aromatic N) is 4. The van der Waals surface area contributed by atoms with Gasteiger partial charge in [-0.3, -0.25) is 9.98 Å². The van der Waals surface area contributed by atoms with Crippen molar-refractivity contribution in [3.8, 4) is 22.8 Å². The smallest absolute Gasteiger partial charge is 0.418 e. The van der Waals surface area contributed by atoms with Gasteiger partial charge in [-0.05, 0) is 36.2 Å². The Hall–Kier alpha value is -3.99. The summed E-state index contributed by atoms with van der Waals surface area (Å²) < 4.78 is 47.7. The van der Waals surface area contributed by atoms with E-state index in [1.807, 2.05) is 0 Å². The minimum Gasteiger partial charge on any atom is -0.506 e. The van der Waals surface area contributed by atoms with Crippen molar-refractivity contribution in [3.05, 3.63) is 75.3 Å². The van der Waals surface area contributed by atoms with Crippen LogP contribution in [0, 0.1) is 6.92 Å². The van der Waals surface area contributed by atoms with Gasteiger partial charge in [-0.25, -0.2) is 4.98 Å². The molecule has 1 aromatic carbocycles. The van der Waals surface area contributed by atoms with E-state index in [1.165, 1.54) is 31.5 Å². The summed E-state index contributed by atoms with van der Waals surface area (Å²) in [4.78, 5) is 14.2. The molecule has 4 heterocycles. The Morgan fingerprint density at radius 2 is 2.06 bits per heavy atom. The third-order valence-corrected chi connectivity index (χ3v) is 5.94. The summed E-state index contributed by atoms with van der Waals surface area (Å²) in [6, 6.07) is 4.15. The van der Waals surface area contributed by atoms with E-state index in [1.54, 1.807) is 23.4 Å². The van der Waals surface area contributed by atoms with Crippen molar-refractivity contribution in [1.29, 1.82) is 0 Å². The van der Waals surface area contributed by atoms with E-state index in [0.29, 0.717) is 23.1 Å². The number of aryl methyl sites for hydroxylation is 1. The standard InChI is InChI=1S/C23H18ClF3N6O2/c1-11-4-16(28)32-20(18(11)23(25,26)27)14-6-15-17-21(19(14)24)30-10-31-22(17)33(2-3-35-15)9-12-5-13(34)8-29-7-12/h2-8,31,34H,9-10H2,1H3,(H2,28,32). The molecule has 2 aromatic heterocycles. The molecule has 2 aliphatic heterocycles. The molecule has 0 fully saturated rings. The average molecular weight is 503 g/mol. The summed E-state index contributed by atoms with van der Waals surface area (Å²) >= 11 is 6.67. The van der Waals surface area contributed by atoms with Gasteiger partial charge in [-0.15, -0.1) is 0 Å². The van der Waals surface area contributed by atoms with E-state index in [4.69, 9.17) is 22.1 Å². The first-order valence-electron chi connectivity index (χ1n) is 10.4. The molecule has 0 bridgehead atoms. The van der Waals surface area contributed by atoms with Crippen LogP contribution >= 0.6 is 11.6 Å². The topological polar surface area (TPSA) is 109 Å². The van der Waals surface area contributed by atoms with Gasteiger partial charge in [0.05, 0.1) is 39.6 Å². The van der Waals surface area contributed by atoms with Gasteiger partial charge in [0, 0.05) is 18.0 Å². The number of hydrogen-bond donors (Lipinski definition) is 3. The zero-order valence-electron chi connectivity index (χ0n) is 18.2. The normalized spacial score (nSPS) is 14.5. The number of benzene rings is 1. The maximum atomic E-state index is 14.0. The van der Waals surface area contributed by atoms with Gasteiger partial charge < -0.3 is 25.8 Å². The van der Waals surface area contributed by atoms with E-state index in [9.17, 15) is 18.3 Å². The van der Waals surface area contributed by atoms with Crippen LogP contribution in [0.5, 0.6) is 11.5 Å². The maximum Gasteiger partial charge on any atom is 0.418 e. The Morgan fingerprint density at radius 1 is 1.26 bits per heavy atom. The molecular formula is C23H18ClF3N6O2. The SMILES string of the molecule is Cc1cc(N)nc(-c2cc3c4c(c2Cl)=NCNC=4N(Cc2cncc(O)c2)C=CO3)c1C(F)(F)F. The molecule has 0 unspecified atom stereocenters. The number of nitrogens with two attached hydrogens (primary N) is 1. The maximum absolute atomic E-state index is 14.0. The fourth-order valence-corrected chi connectivity index (χ4v) is 4.48. The third kappa shape index (κ3) is 4.08. The molecule has 5 rings (SSSR count). The first-order chi connectivity index (χ1) is 16.6. The number of anilines is 1. The summed E-state index contributed by atoms with van der Waals surface area (Å²) in [5.74, 6) is 0.785. The number of aromatic nitrogens is 2. The van der Waals surface area contributed by atoms with Gasteiger partial charge >= 0.3 is 6.18 Å². The predicted octanol–water partition coefficient (Wildman–Crippen LogP) is 3.02. The number of pyridine rings is 2. The van der Waals surface area contributed by atoms with Crippen LogP contribution < -0.4 is 26.4 Å². The van der Waals surface area contributed by atoms with Crippen molar-refractivity contribution < 1.29 is 23.0 Å². The Kier molecular flexibility index (Phi) is 5.43. The summed E-state index contributed by atoms with van der Waals surface area (Å²) in [6.45, 7) is 1.76. The quantitative estimate of drug-likeness (QED) is 0.505. The molecule has 0 spiro atoms. The van der Waals surface area contributed by atoms with Gasteiger partial charge in [-0.1, -0.05) is 11.6 Å². The number of nitrogen functional groups attached to an aromatic ring is 1. The number of nitrogens with one attached hydrogen (secondary N) is 1. The Bertz CT molecular complexity index is 1510. The third-order valence-electron chi connectivity index (χ3n) is 5.55. The lowest BCUT2D eigenvalue weighted by Gasteiger charge is -2.25. The van der Waals surface area contributed by atoms with Crippen molar-refractivity contribution in [3.63, 3.8) is 0 Å². The first-order valence-corrected chi connectivity index (χ1v) is 10.7. The molecule has 4 N–H and O–H groups in total. The van der Waals surface area contributed by atoms with E-state index < -0.39 is 17.4 Å². The lowest BCUT2D eigenvalue weighted by atomic mass is 9.99. The van der Waals surface area contributed by atoms with Crippen LogP contribution in [0.1, 0.15) is 16.7 Å². The van der Waals surface area contributed by atoms with Gasteiger partial charge in [0.1, 0.15) is 36.1 Å². The fraction of sp³-hybridized carbons (Fsp3) is 0.174. The largest absolute Gasteiger partial charge is 0.506 e. The minimum atomic E-state index is -4.68. The average Bonchev–Trinajstić information content (AvgIpc) is 2.95. The summed E-state index contributed by atoms with van der Waals surface area (Å²) in [5.41, 5.74) is 5.12. The van der Waals surface area contributed by atoms with E-state index in [2.05, 4.69) is 20.3 Å². The Labute approximate surface area is 201 Å². The molecule has 0 aliphatic carbocycles. The van der Waals surface area contributed by atoms with Crippen LogP contribution in [0.25, 0.3) is 17.1 Å². The molecule has 3 aromatic rings. The second-order valence-corrected chi connectivity index (χ2v) is 8.35. The van der Waals surface area contributed by atoms with Crippen molar-refractivity contribution in [2.75, 3.05) is 12.4 Å². The highest BCUT2D eigenvalue weighted by Gasteiger charge is 2.38. The highest BCUT2D eigenvalue weighted by atomic mass is 35.5. The zero-order valence-corrected chi connectivity index (χ0v) is 18.9. The van der Waals surface area contributed by atoms with Crippen LogP contribution in [0.15, 0.2) is 48.0 Å². The Balaban J connectivity index is 1.74. The second kappa shape index (κ2) is 8.35. The van der Waals surface area contributed by atoms with Gasteiger partial charge in [0.15, 0.2) is 0 Å². The summed E-state index contributed by atoms with van der Waals surface area (Å²) in [5, 5.41) is 13.7. The molecule has 2 aliphatic rings. The number of aromatic hydroxyl groups is 1. The van der Waals surface area contributed by atoms with Crippen LogP contribution in [0.3, 0.4) is 0 Å². The molecule has 0 radical (unpaired) electrons. The number of alkyl halides is 3. The molecule has 180 valence electrons. The summed E-state index contributed by atoms with van der Waals surface area (Å²) in [7, 11) is 0. The van der Waals surface area contributed by atoms with Gasteiger partial charge in [0.2, 0.25) is 0 Å². The molecule has 35 heavy (non-hydrogen) atoms. The number of rotatable bonds is 3. The monoisotopic (exact) mass is 502 g/mol. The number of halogens is 4. The molecule has 0 saturated carbocycles. The second-order valence-electron chi connectivity index (χ2n) is 7.97. The molecule has 0 atom stereocenters. The minimum absolute atomic E-state index is 0.00442. The van der Waals surface area contributed by atoms with Crippen molar-refractivity contribution >= 4 is 23.2 Å². The molecule has 0 saturated heterocycles. The number of hydrogen-bond acceptors (Lipinski definition) is 8. The van der Waals surface area contributed by atoms with Crippen LogP contribution in [0.4, 0.5) is 19.0 Å². The number of ether oxygens (including phenoxy) is 1. The van der Waals surface area contributed by atoms with Crippen molar-refractivity contribution in [2.45, 2.75) is 19.6 Å². The zero-order chi connectivity index (χ0) is 24.9. The summed E-state index contributed by atoms with van der Waals surface area (Å²) in [6.07, 6.45) is 1.30. The molecular weight excluding hydrogens is 485 g/mol. The Morgan fingerprint density at radius 3 is 2.80 bits per heavy atom. The first kappa shape index (κ1) is 22.8. The van der Waals surface area contributed by atoms with Crippen molar-refractivity contribution in [2.24, 2.45) is 4.99 Å². The van der Waals surface area contributed by atoms with E-state index in [0.717, 1.165) is 0 Å². The molecule has 0 amide bonds.